The van der Waals surface area contributed by atoms with Crippen LogP contribution >= 0.6 is 15.9 Å². The van der Waals surface area contributed by atoms with E-state index in [2.05, 4.69) is 64.5 Å². The van der Waals surface area contributed by atoms with Crippen LogP contribution in [-0.2, 0) is 0 Å². The van der Waals surface area contributed by atoms with E-state index in [1.54, 1.807) is 0 Å². The fraction of sp³-hybridized carbons (Fsp3) is 0.409. The van der Waals surface area contributed by atoms with Crippen LogP contribution in [-0.4, -0.2) is 30.4 Å². The van der Waals surface area contributed by atoms with Gasteiger partial charge in [0.1, 0.15) is 0 Å². The number of aryl methyl sites for hydroxylation is 1. The monoisotopic (exact) mass is 414 g/mol. The molecule has 3 rings (SSSR count). The summed E-state index contributed by atoms with van der Waals surface area (Å²) in [5.41, 5.74) is 2.82. The van der Waals surface area contributed by atoms with Gasteiger partial charge in [-0.3, -0.25) is 4.79 Å². The zero-order valence-electron chi connectivity index (χ0n) is 15.8. The van der Waals surface area contributed by atoms with Gasteiger partial charge in [0.2, 0.25) is 0 Å². The summed E-state index contributed by atoms with van der Waals surface area (Å²) in [6.07, 6.45) is 4.58. The second-order valence-corrected chi connectivity index (χ2v) is 8.31. The molecule has 26 heavy (non-hydrogen) atoms. The smallest absolute Gasteiger partial charge is 0.253 e. The largest absolute Gasteiger partial charge is 0.343 e. The quantitative estimate of drug-likeness (QED) is 0.737. The molecule has 0 bridgehead atoms. The Balaban J connectivity index is 2.01. The maximum atomic E-state index is 13.2. The first-order chi connectivity index (χ1) is 12.5. The molecule has 4 heteroatoms. The molecular weight excluding hydrogens is 388 g/mol. The lowest BCUT2D eigenvalue weighted by atomic mass is 9.82. The SMILES string of the molecule is Cc1cccc(Br)c1C(=O)NC(c1ccccc1)C1(N(C)C)CCCC1. The number of nitrogens with one attached hydrogen (secondary N) is 1. The Morgan fingerprint density at radius 2 is 1.73 bits per heavy atom. The van der Waals surface area contributed by atoms with Crippen LogP contribution in [0.3, 0.4) is 0 Å². The normalized spacial score (nSPS) is 17.3. The number of likely N-dealkylation sites (N-methyl/N-ethyl adjacent to an activating group) is 1. The third kappa shape index (κ3) is 3.58. The maximum Gasteiger partial charge on any atom is 0.253 e. The number of halogens is 1. The highest BCUT2D eigenvalue weighted by Gasteiger charge is 2.44. The standard InChI is InChI=1S/C22H27BrN2O/c1-16-10-9-13-18(23)19(16)21(26)24-20(17-11-5-4-6-12-17)22(25(2)3)14-7-8-15-22/h4-6,9-13,20H,7-8,14-15H2,1-3H3,(H,24,26). The van der Waals surface area contributed by atoms with Crippen LogP contribution in [0, 0.1) is 6.92 Å². The third-order valence-corrected chi connectivity index (χ3v) is 6.42. The molecule has 1 saturated carbocycles. The highest BCUT2D eigenvalue weighted by molar-refractivity contribution is 9.10. The van der Waals surface area contributed by atoms with Crippen molar-refractivity contribution < 1.29 is 4.79 Å². The first-order valence-corrected chi connectivity index (χ1v) is 10.0. The van der Waals surface area contributed by atoms with Crippen LogP contribution in [0.15, 0.2) is 53.0 Å². The molecule has 2 aromatic rings. The minimum absolute atomic E-state index is 0.0167. The lowest BCUT2D eigenvalue weighted by molar-refractivity contribution is 0.0765. The molecule has 0 saturated heterocycles. The molecule has 1 unspecified atom stereocenters. The summed E-state index contributed by atoms with van der Waals surface area (Å²) in [5, 5.41) is 3.38. The van der Waals surface area contributed by atoms with Crippen molar-refractivity contribution in [3.63, 3.8) is 0 Å². The minimum Gasteiger partial charge on any atom is -0.343 e. The lowest BCUT2D eigenvalue weighted by Gasteiger charge is -2.44. The topological polar surface area (TPSA) is 32.3 Å². The van der Waals surface area contributed by atoms with Gasteiger partial charge in [0.05, 0.1) is 11.6 Å². The van der Waals surface area contributed by atoms with Crippen molar-refractivity contribution >= 4 is 21.8 Å². The van der Waals surface area contributed by atoms with Gasteiger partial charge in [0.15, 0.2) is 0 Å². The predicted octanol–water partition coefficient (Wildman–Crippen LogP) is 5.10. The van der Waals surface area contributed by atoms with Crippen LogP contribution in [0.4, 0.5) is 0 Å². The molecule has 2 aromatic carbocycles. The zero-order chi connectivity index (χ0) is 18.7. The molecule has 1 aliphatic rings. The van der Waals surface area contributed by atoms with E-state index in [9.17, 15) is 4.79 Å². The van der Waals surface area contributed by atoms with E-state index in [4.69, 9.17) is 0 Å². The van der Waals surface area contributed by atoms with Gasteiger partial charge < -0.3 is 10.2 Å². The summed E-state index contributed by atoms with van der Waals surface area (Å²) in [6, 6.07) is 16.2. The molecule has 0 spiro atoms. The number of benzene rings is 2. The molecule has 138 valence electrons. The van der Waals surface area contributed by atoms with E-state index in [0.29, 0.717) is 0 Å². The summed E-state index contributed by atoms with van der Waals surface area (Å²) < 4.78 is 0.840. The van der Waals surface area contributed by atoms with E-state index in [1.807, 2.05) is 31.2 Å². The third-order valence-electron chi connectivity index (χ3n) is 5.75. The fourth-order valence-electron chi connectivity index (χ4n) is 4.28. The molecule has 1 amide bonds. The average molecular weight is 415 g/mol. The maximum absolute atomic E-state index is 13.2. The molecule has 1 aliphatic carbocycles. The van der Waals surface area contributed by atoms with Gasteiger partial charge in [-0.15, -0.1) is 0 Å². The van der Waals surface area contributed by atoms with Crippen molar-refractivity contribution in [2.24, 2.45) is 0 Å². The van der Waals surface area contributed by atoms with Crippen LogP contribution in [0.5, 0.6) is 0 Å². The van der Waals surface area contributed by atoms with Crippen molar-refractivity contribution in [2.45, 2.75) is 44.2 Å². The number of hydrogen-bond donors (Lipinski definition) is 1. The van der Waals surface area contributed by atoms with E-state index in [-0.39, 0.29) is 17.5 Å². The van der Waals surface area contributed by atoms with Gasteiger partial charge in [0.25, 0.3) is 5.91 Å². The number of nitrogens with zero attached hydrogens (tertiary/aromatic N) is 1. The molecule has 0 aromatic heterocycles. The zero-order valence-corrected chi connectivity index (χ0v) is 17.3. The van der Waals surface area contributed by atoms with Crippen LogP contribution in [0.2, 0.25) is 0 Å². The summed E-state index contributed by atoms with van der Waals surface area (Å²) in [4.78, 5) is 15.5. The Labute approximate surface area is 164 Å². The van der Waals surface area contributed by atoms with Crippen LogP contribution < -0.4 is 5.32 Å². The van der Waals surface area contributed by atoms with Crippen LogP contribution in [0.1, 0.15) is 53.2 Å². The summed E-state index contributed by atoms with van der Waals surface area (Å²) in [5.74, 6) is -0.0167. The summed E-state index contributed by atoms with van der Waals surface area (Å²) in [6.45, 7) is 1.98. The second kappa shape index (κ2) is 7.93. The predicted molar refractivity (Wildman–Crippen MR) is 110 cm³/mol. The molecule has 1 atom stereocenters. The van der Waals surface area contributed by atoms with Crippen LogP contribution in [0.25, 0.3) is 0 Å². The van der Waals surface area contributed by atoms with E-state index >= 15 is 0 Å². The van der Waals surface area contributed by atoms with Gasteiger partial charge in [-0.1, -0.05) is 55.3 Å². The Bertz CT molecular complexity index is 747. The Hall–Kier alpha value is -1.65. The molecule has 1 fully saturated rings. The van der Waals surface area contributed by atoms with Gasteiger partial charge in [-0.25, -0.2) is 0 Å². The number of carbonyl (C=O) groups is 1. The lowest BCUT2D eigenvalue weighted by Crippen LogP contribution is -2.53. The van der Waals surface area contributed by atoms with Crippen molar-refractivity contribution in [2.75, 3.05) is 14.1 Å². The van der Waals surface area contributed by atoms with Gasteiger partial charge >= 0.3 is 0 Å². The first kappa shape index (κ1) is 19.1. The molecule has 1 N–H and O–H groups in total. The average Bonchev–Trinajstić information content (AvgIpc) is 3.11. The number of carbonyl (C=O) groups excluding carboxylic acids is 1. The Kier molecular flexibility index (Phi) is 5.83. The summed E-state index contributed by atoms with van der Waals surface area (Å²) in [7, 11) is 4.27. The molecular formula is C22H27BrN2O. The highest BCUT2D eigenvalue weighted by Crippen LogP contribution is 2.43. The number of amides is 1. The highest BCUT2D eigenvalue weighted by atomic mass is 79.9. The fourth-order valence-corrected chi connectivity index (χ4v) is 4.92. The molecule has 3 nitrogen and oxygen atoms in total. The van der Waals surface area contributed by atoms with E-state index in [1.165, 1.54) is 18.4 Å². The van der Waals surface area contributed by atoms with E-state index in [0.717, 1.165) is 28.4 Å². The summed E-state index contributed by atoms with van der Waals surface area (Å²) >= 11 is 3.55. The molecule has 0 radical (unpaired) electrons. The van der Waals surface area contributed by atoms with Crippen molar-refractivity contribution in [3.8, 4) is 0 Å². The Morgan fingerprint density at radius 1 is 1.08 bits per heavy atom. The Morgan fingerprint density at radius 3 is 2.31 bits per heavy atom. The second-order valence-electron chi connectivity index (χ2n) is 7.45. The van der Waals surface area contributed by atoms with Crippen molar-refractivity contribution in [1.29, 1.82) is 0 Å². The van der Waals surface area contributed by atoms with Gasteiger partial charge in [-0.2, -0.15) is 0 Å². The number of rotatable bonds is 5. The number of hydrogen-bond acceptors (Lipinski definition) is 2. The van der Waals surface area contributed by atoms with Crippen molar-refractivity contribution in [1.82, 2.24) is 10.2 Å². The van der Waals surface area contributed by atoms with Gasteiger partial charge in [-0.05, 0) is 67.0 Å². The molecule has 0 aliphatic heterocycles. The van der Waals surface area contributed by atoms with Crippen molar-refractivity contribution in [3.05, 3.63) is 69.7 Å². The minimum atomic E-state index is -0.0494. The first-order valence-electron chi connectivity index (χ1n) is 9.24. The van der Waals surface area contributed by atoms with E-state index < -0.39 is 0 Å². The van der Waals surface area contributed by atoms with Gasteiger partial charge in [0, 0.05) is 10.0 Å². The molecule has 0 heterocycles.